The molecule has 1 aromatic rings. The van der Waals surface area contributed by atoms with E-state index in [0.717, 1.165) is 6.08 Å². The van der Waals surface area contributed by atoms with Gasteiger partial charge in [0.15, 0.2) is 0 Å². The number of hydrogen-bond acceptors (Lipinski definition) is 2. The lowest BCUT2D eigenvalue weighted by Gasteiger charge is -1.93. The first-order chi connectivity index (χ1) is 6.20. The fourth-order valence-electron chi connectivity index (χ4n) is 0.812. The quantitative estimate of drug-likeness (QED) is 0.532. The van der Waals surface area contributed by atoms with Crippen LogP contribution in [0.1, 0.15) is 5.56 Å². The van der Waals surface area contributed by atoms with Crippen LogP contribution < -0.4 is 0 Å². The highest BCUT2D eigenvalue weighted by Crippen LogP contribution is 2.16. The Labute approximate surface area is 75.3 Å². The summed E-state index contributed by atoms with van der Waals surface area (Å²) in [4.78, 5) is 10.1. The molecule has 13 heavy (non-hydrogen) atoms. The zero-order valence-corrected chi connectivity index (χ0v) is 6.77. The number of carboxylic acids is 1. The van der Waals surface area contributed by atoms with Crippen molar-refractivity contribution >= 4 is 12.0 Å². The van der Waals surface area contributed by atoms with Crippen LogP contribution in [-0.2, 0) is 4.79 Å². The Hall–Kier alpha value is -1.99. The Morgan fingerprint density at radius 2 is 2.08 bits per heavy atom. The van der Waals surface area contributed by atoms with Crippen molar-refractivity contribution < 1.29 is 15.0 Å². The highest BCUT2D eigenvalue weighted by atomic mass is 16.4. The lowest BCUT2D eigenvalue weighted by Crippen LogP contribution is -1.83. The maximum atomic E-state index is 10.1. The van der Waals surface area contributed by atoms with Crippen LogP contribution in [0, 0.1) is 0 Å². The minimum atomic E-state index is -1.06. The van der Waals surface area contributed by atoms with Crippen molar-refractivity contribution in [3.63, 3.8) is 0 Å². The van der Waals surface area contributed by atoms with Crippen LogP contribution in [0.5, 0.6) is 5.75 Å². The standard InChI is InChI=1S/C10H8O3/c11-9-6-2-1-4-8(9)5-3-7-10(12)13/h1-2,4-7,11H,(H,12,13). The number of rotatable bonds is 2. The summed E-state index contributed by atoms with van der Waals surface area (Å²) in [5.74, 6) is -0.958. The minimum absolute atomic E-state index is 0.105. The van der Waals surface area contributed by atoms with Crippen LogP contribution >= 0.6 is 0 Å². The van der Waals surface area contributed by atoms with Crippen LogP contribution in [0.2, 0.25) is 0 Å². The molecular formula is C10H8O3. The molecule has 0 aliphatic carbocycles. The fourth-order valence-corrected chi connectivity index (χ4v) is 0.812. The van der Waals surface area contributed by atoms with Crippen molar-refractivity contribution in [1.29, 1.82) is 0 Å². The normalized spacial score (nSPS) is 8.62. The molecule has 0 radical (unpaired) electrons. The van der Waals surface area contributed by atoms with Crippen LogP contribution in [0.4, 0.5) is 0 Å². The summed E-state index contributed by atoms with van der Waals surface area (Å²) in [5.41, 5.74) is 2.97. The Morgan fingerprint density at radius 3 is 2.69 bits per heavy atom. The fraction of sp³-hybridized carbons (Fsp3) is 0. The van der Waals surface area contributed by atoms with Crippen LogP contribution in [0.15, 0.2) is 36.1 Å². The molecular weight excluding hydrogens is 168 g/mol. The first-order valence-corrected chi connectivity index (χ1v) is 3.63. The maximum absolute atomic E-state index is 10.1. The predicted molar refractivity (Wildman–Crippen MR) is 48.3 cm³/mol. The molecule has 1 rings (SSSR count). The van der Waals surface area contributed by atoms with E-state index in [2.05, 4.69) is 5.73 Å². The van der Waals surface area contributed by atoms with Crippen molar-refractivity contribution in [1.82, 2.24) is 0 Å². The van der Waals surface area contributed by atoms with E-state index < -0.39 is 5.97 Å². The van der Waals surface area contributed by atoms with Gasteiger partial charge in [0.2, 0.25) is 0 Å². The van der Waals surface area contributed by atoms with Crippen LogP contribution in [0.3, 0.4) is 0 Å². The molecule has 0 heterocycles. The van der Waals surface area contributed by atoms with Crippen molar-refractivity contribution in [2.24, 2.45) is 0 Å². The Kier molecular flexibility index (Phi) is 2.90. The highest BCUT2D eigenvalue weighted by molar-refractivity contribution is 5.80. The van der Waals surface area contributed by atoms with Gasteiger partial charge in [-0.2, -0.15) is 0 Å². The lowest BCUT2D eigenvalue weighted by molar-refractivity contribution is -0.131. The number of hydrogen-bond donors (Lipinski definition) is 2. The zero-order valence-electron chi connectivity index (χ0n) is 6.77. The molecule has 3 heteroatoms. The number of carboxylic acid groups (broad SMARTS) is 1. The van der Waals surface area contributed by atoms with E-state index in [1.54, 1.807) is 18.2 Å². The van der Waals surface area contributed by atoms with Gasteiger partial charge in [-0.25, -0.2) is 4.79 Å². The van der Waals surface area contributed by atoms with Gasteiger partial charge < -0.3 is 10.2 Å². The summed E-state index contributed by atoms with van der Waals surface area (Å²) in [6.45, 7) is 0. The second kappa shape index (κ2) is 4.14. The largest absolute Gasteiger partial charge is 0.507 e. The van der Waals surface area contributed by atoms with Crippen LogP contribution in [0.25, 0.3) is 6.08 Å². The Morgan fingerprint density at radius 1 is 1.38 bits per heavy atom. The van der Waals surface area contributed by atoms with E-state index in [4.69, 9.17) is 5.11 Å². The van der Waals surface area contributed by atoms with E-state index in [9.17, 15) is 9.90 Å². The molecule has 0 aromatic heterocycles. The molecule has 0 aliphatic heterocycles. The Balaban J connectivity index is 2.92. The summed E-state index contributed by atoms with van der Waals surface area (Å²) in [5, 5.41) is 17.5. The van der Waals surface area contributed by atoms with Gasteiger partial charge in [-0.15, -0.1) is 5.73 Å². The van der Waals surface area contributed by atoms with E-state index in [0.29, 0.717) is 5.56 Å². The summed E-state index contributed by atoms with van der Waals surface area (Å²) in [6.07, 6.45) is 2.29. The summed E-state index contributed by atoms with van der Waals surface area (Å²) < 4.78 is 0. The monoisotopic (exact) mass is 176 g/mol. The van der Waals surface area contributed by atoms with Gasteiger partial charge in [-0.05, 0) is 12.1 Å². The van der Waals surface area contributed by atoms with Gasteiger partial charge in [0.05, 0.1) is 6.08 Å². The van der Waals surface area contributed by atoms with E-state index in [-0.39, 0.29) is 5.75 Å². The van der Waals surface area contributed by atoms with Crippen LogP contribution in [-0.4, -0.2) is 16.2 Å². The molecule has 0 aliphatic rings. The van der Waals surface area contributed by atoms with Gasteiger partial charge in [-0.3, -0.25) is 0 Å². The third kappa shape index (κ3) is 2.85. The number of aromatic hydroxyl groups is 1. The summed E-state index contributed by atoms with van der Waals surface area (Å²) >= 11 is 0. The van der Waals surface area contributed by atoms with Crippen molar-refractivity contribution in [3.8, 4) is 5.75 Å². The first-order valence-electron chi connectivity index (χ1n) is 3.63. The molecule has 0 saturated carbocycles. The molecule has 0 spiro atoms. The third-order valence-corrected chi connectivity index (χ3v) is 1.38. The van der Waals surface area contributed by atoms with Gasteiger partial charge in [0, 0.05) is 5.56 Å². The SMILES string of the molecule is O=C(O)C=C=Cc1ccccc1O. The molecule has 0 bridgehead atoms. The average molecular weight is 176 g/mol. The Bertz CT molecular complexity index is 374. The number of benzene rings is 1. The lowest BCUT2D eigenvalue weighted by atomic mass is 10.2. The second-order valence-electron chi connectivity index (χ2n) is 2.35. The topological polar surface area (TPSA) is 57.5 Å². The molecule has 0 atom stereocenters. The first kappa shape index (κ1) is 9.10. The van der Waals surface area contributed by atoms with Crippen molar-refractivity contribution in [2.75, 3.05) is 0 Å². The van der Waals surface area contributed by atoms with E-state index in [1.165, 1.54) is 12.1 Å². The van der Waals surface area contributed by atoms with Gasteiger partial charge in [0.1, 0.15) is 5.75 Å². The van der Waals surface area contributed by atoms with Gasteiger partial charge in [-0.1, -0.05) is 18.2 Å². The molecule has 3 nitrogen and oxygen atoms in total. The van der Waals surface area contributed by atoms with E-state index >= 15 is 0 Å². The number of para-hydroxylation sites is 1. The number of phenols is 1. The van der Waals surface area contributed by atoms with Gasteiger partial charge >= 0.3 is 5.97 Å². The number of aliphatic carboxylic acids is 1. The van der Waals surface area contributed by atoms with Crippen molar-refractivity contribution in [3.05, 3.63) is 41.6 Å². The predicted octanol–water partition coefficient (Wildman–Crippen LogP) is 1.65. The van der Waals surface area contributed by atoms with Crippen molar-refractivity contribution in [2.45, 2.75) is 0 Å². The molecule has 0 amide bonds. The molecule has 1 aromatic carbocycles. The maximum Gasteiger partial charge on any atom is 0.336 e. The zero-order chi connectivity index (χ0) is 9.68. The third-order valence-electron chi connectivity index (χ3n) is 1.38. The smallest absolute Gasteiger partial charge is 0.336 e. The second-order valence-corrected chi connectivity index (χ2v) is 2.35. The summed E-state index contributed by atoms with van der Waals surface area (Å²) in [6, 6.07) is 6.62. The average Bonchev–Trinajstić information content (AvgIpc) is 2.08. The number of carbonyl (C=O) groups is 1. The molecule has 0 fully saturated rings. The molecule has 66 valence electrons. The molecule has 0 saturated heterocycles. The highest BCUT2D eigenvalue weighted by Gasteiger charge is 1.92. The minimum Gasteiger partial charge on any atom is -0.507 e. The van der Waals surface area contributed by atoms with Gasteiger partial charge in [0.25, 0.3) is 0 Å². The number of phenolic OH excluding ortho intramolecular Hbond substituents is 1. The molecule has 0 unspecified atom stereocenters. The summed E-state index contributed by atoms with van der Waals surface area (Å²) in [7, 11) is 0. The van der Waals surface area contributed by atoms with E-state index in [1.807, 2.05) is 0 Å². The molecule has 2 N–H and O–H groups in total.